The Labute approximate surface area is 171 Å². The number of benzene rings is 1. The maximum absolute atomic E-state index is 12.5. The molecule has 0 radical (unpaired) electrons. The summed E-state index contributed by atoms with van der Waals surface area (Å²) in [6.45, 7) is -0.647. The summed E-state index contributed by atoms with van der Waals surface area (Å²) in [5, 5.41) is 39.1. The van der Waals surface area contributed by atoms with E-state index >= 15 is 0 Å². The number of allylic oxidation sites excluding steroid dienone is 1. The highest BCUT2D eigenvalue weighted by molar-refractivity contribution is 6.07. The van der Waals surface area contributed by atoms with E-state index in [1.54, 1.807) is 6.08 Å². The zero-order chi connectivity index (χ0) is 21.8. The molecule has 6 atom stereocenters. The number of para-hydroxylation sites is 1. The molecule has 10 nitrogen and oxygen atoms in total. The van der Waals surface area contributed by atoms with Gasteiger partial charge in [0, 0.05) is 6.42 Å². The van der Waals surface area contributed by atoms with E-state index in [1.165, 1.54) is 30.3 Å². The summed E-state index contributed by atoms with van der Waals surface area (Å²) in [6, 6.07) is 5.62. The molecule has 0 amide bonds. The number of rotatable bonds is 5. The lowest BCUT2D eigenvalue weighted by Crippen LogP contribution is -2.60. The second-order valence-electron chi connectivity index (χ2n) is 6.93. The van der Waals surface area contributed by atoms with E-state index in [2.05, 4.69) is 0 Å². The van der Waals surface area contributed by atoms with Crippen molar-refractivity contribution in [2.24, 2.45) is 5.92 Å². The van der Waals surface area contributed by atoms with Gasteiger partial charge in [0.05, 0.1) is 6.61 Å². The summed E-state index contributed by atoms with van der Waals surface area (Å²) >= 11 is 0. The molecule has 0 bridgehead atoms. The quantitative estimate of drug-likeness (QED) is 0.266. The van der Waals surface area contributed by atoms with Crippen molar-refractivity contribution >= 4 is 17.7 Å². The normalized spacial score (nSPS) is 31.3. The van der Waals surface area contributed by atoms with Gasteiger partial charge in [-0.2, -0.15) is 0 Å². The van der Waals surface area contributed by atoms with Gasteiger partial charge in [-0.25, -0.2) is 4.79 Å². The Hall–Kier alpha value is -2.63. The number of hydrogen-bond donors (Lipinski definition) is 4. The maximum Gasteiger partial charge on any atom is 0.349 e. The molecular formula is C20H22O10. The molecule has 30 heavy (non-hydrogen) atoms. The first kappa shape index (κ1) is 22.1. The van der Waals surface area contributed by atoms with Crippen LogP contribution in [0.25, 0.3) is 0 Å². The minimum Gasteiger partial charge on any atom is -0.461 e. The lowest BCUT2D eigenvalue weighted by atomic mass is 9.94. The number of ether oxygens (including phenoxy) is 3. The van der Waals surface area contributed by atoms with Gasteiger partial charge in [-0.3, -0.25) is 9.59 Å². The summed E-state index contributed by atoms with van der Waals surface area (Å²) in [4.78, 5) is 36.5. The van der Waals surface area contributed by atoms with Crippen LogP contribution in [0.1, 0.15) is 23.2 Å². The molecule has 162 valence electrons. The molecule has 1 fully saturated rings. The van der Waals surface area contributed by atoms with Crippen LogP contribution in [-0.4, -0.2) is 75.5 Å². The Morgan fingerprint density at radius 1 is 1.10 bits per heavy atom. The number of aliphatic hydroxyl groups excluding tert-OH is 4. The van der Waals surface area contributed by atoms with Gasteiger partial charge in [-0.1, -0.05) is 24.3 Å². The number of carbonyl (C=O) groups is 3. The molecule has 10 heteroatoms. The third-order valence-corrected chi connectivity index (χ3v) is 4.88. The first-order valence-electron chi connectivity index (χ1n) is 9.35. The fourth-order valence-corrected chi connectivity index (χ4v) is 3.17. The van der Waals surface area contributed by atoms with Crippen molar-refractivity contribution in [3.8, 4) is 5.75 Å². The van der Waals surface area contributed by atoms with Gasteiger partial charge < -0.3 is 34.6 Å². The van der Waals surface area contributed by atoms with Crippen LogP contribution in [0.3, 0.4) is 0 Å². The maximum atomic E-state index is 12.5. The molecule has 2 aliphatic rings. The highest BCUT2D eigenvalue weighted by Gasteiger charge is 2.45. The van der Waals surface area contributed by atoms with Gasteiger partial charge >= 0.3 is 11.9 Å². The monoisotopic (exact) mass is 422 g/mol. The second kappa shape index (κ2) is 9.45. The molecule has 6 unspecified atom stereocenters. The van der Waals surface area contributed by atoms with Crippen LogP contribution in [0.4, 0.5) is 0 Å². The van der Waals surface area contributed by atoms with Gasteiger partial charge in [0.1, 0.15) is 41.6 Å². The first-order chi connectivity index (χ1) is 14.3. The molecule has 1 aliphatic carbocycles. The molecule has 1 aliphatic heterocycles. The smallest absolute Gasteiger partial charge is 0.349 e. The third-order valence-electron chi connectivity index (χ3n) is 4.88. The number of carbonyl (C=O) groups excluding carboxylic acids is 3. The van der Waals surface area contributed by atoms with Crippen LogP contribution < -0.4 is 4.74 Å². The number of hydrogen-bond acceptors (Lipinski definition) is 10. The van der Waals surface area contributed by atoms with Crippen LogP contribution in [-0.2, 0) is 19.1 Å². The largest absolute Gasteiger partial charge is 0.461 e. The van der Waals surface area contributed by atoms with Crippen molar-refractivity contribution in [3.63, 3.8) is 0 Å². The average Bonchev–Trinajstić information content (AvgIpc) is 2.74. The van der Waals surface area contributed by atoms with E-state index in [1.807, 2.05) is 0 Å². The molecule has 4 N–H and O–H groups in total. The van der Waals surface area contributed by atoms with Crippen LogP contribution in [0.15, 0.2) is 36.4 Å². The highest BCUT2D eigenvalue weighted by Crippen LogP contribution is 2.27. The van der Waals surface area contributed by atoms with Gasteiger partial charge in [-0.15, -0.1) is 0 Å². The topological polar surface area (TPSA) is 160 Å². The molecule has 1 heterocycles. The Morgan fingerprint density at radius 2 is 1.83 bits per heavy atom. The minimum atomic E-state index is -1.68. The molecule has 1 saturated heterocycles. The number of Topliss-reactive ketones (excluding diaryl/α,β-unsaturated/α-hetero) is 1. The fraction of sp³-hybridized carbons (Fsp3) is 0.450. The zero-order valence-corrected chi connectivity index (χ0v) is 15.8. The Kier molecular flexibility index (Phi) is 6.95. The molecule has 1 aromatic carbocycles. The average molecular weight is 422 g/mol. The SMILES string of the molecule is O=C(OC(=O)C1C=CCCC1=O)c1ccccc1OC1OC(CO)C(O)C(O)C1O. The Morgan fingerprint density at radius 3 is 2.53 bits per heavy atom. The van der Waals surface area contributed by atoms with E-state index in [-0.39, 0.29) is 23.5 Å². The lowest BCUT2D eigenvalue weighted by molar-refractivity contribution is -0.277. The zero-order valence-electron chi connectivity index (χ0n) is 15.8. The second-order valence-corrected chi connectivity index (χ2v) is 6.93. The van der Waals surface area contributed by atoms with Gasteiger partial charge in [-0.05, 0) is 18.6 Å². The predicted octanol–water partition coefficient (Wildman–Crippen LogP) is -0.916. The molecule has 0 spiro atoms. The molecule has 1 aromatic rings. The Balaban J connectivity index is 1.75. The summed E-state index contributed by atoms with van der Waals surface area (Å²) in [6.07, 6.45) is -3.88. The van der Waals surface area contributed by atoms with Gasteiger partial charge in [0.15, 0.2) is 5.78 Å². The van der Waals surface area contributed by atoms with Crippen molar-refractivity contribution < 1.29 is 49.0 Å². The number of aliphatic hydroxyl groups is 4. The van der Waals surface area contributed by atoms with Crippen LogP contribution in [0, 0.1) is 5.92 Å². The third kappa shape index (κ3) is 4.58. The van der Waals surface area contributed by atoms with Crippen molar-refractivity contribution in [1.29, 1.82) is 0 Å². The van der Waals surface area contributed by atoms with Crippen LogP contribution in [0.2, 0.25) is 0 Å². The van der Waals surface area contributed by atoms with E-state index in [4.69, 9.17) is 14.2 Å². The first-order valence-corrected chi connectivity index (χ1v) is 9.35. The number of ketones is 1. The summed E-state index contributed by atoms with van der Waals surface area (Å²) < 4.78 is 15.5. The standard InChI is InChI=1S/C20H22O10/c21-9-14-15(23)16(24)17(25)20(29-14)28-13-8-4-2-6-11(13)19(27)30-18(26)10-5-1-3-7-12(10)22/h1-2,4-6,8,10,14-17,20-21,23-25H,3,7,9H2. The lowest BCUT2D eigenvalue weighted by Gasteiger charge is -2.39. The van der Waals surface area contributed by atoms with Crippen LogP contribution >= 0.6 is 0 Å². The van der Waals surface area contributed by atoms with E-state index in [0.717, 1.165) is 0 Å². The fourth-order valence-electron chi connectivity index (χ4n) is 3.17. The van der Waals surface area contributed by atoms with Gasteiger partial charge in [0.25, 0.3) is 0 Å². The number of esters is 2. The summed E-state index contributed by atoms with van der Waals surface area (Å²) in [5.74, 6) is -3.72. The van der Waals surface area contributed by atoms with Gasteiger partial charge in [0.2, 0.25) is 6.29 Å². The van der Waals surface area contributed by atoms with Crippen molar-refractivity contribution in [2.45, 2.75) is 43.5 Å². The molecule has 3 rings (SSSR count). The van der Waals surface area contributed by atoms with E-state index in [0.29, 0.717) is 6.42 Å². The minimum absolute atomic E-state index is 0.134. The van der Waals surface area contributed by atoms with Crippen LogP contribution in [0.5, 0.6) is 5.75 Å². The van der Waals surface area contributed by atoms with Crippen molar-refractivity contribution in [1.82, 2.24) is 0 Å². The molecule has 0 aromatic heterocycles. The van der Waals surface area contributed by atoms with E-state index < -0.39 is 55.2 Å². The summed E-state index contributed by atoms with van der Waals surface area (Å²) in [5.41, 5.74) is -0.185. The van der Waals surface area contributed by atoms with Crippen molar-refractivity contribution in [3.05, 3.63) is 42.0 Å². The van der Waals surface area contributed by atoms with Crippen molar-refractivity contribution in [2.75, 3.05) is 6.61 Å². The Bertz CT molecular complexity index is 833. The molecule has 0 saturated carbocycles. The van der Waals surface area contributed by atoms with E-state index in [9.17, 15) is 34.8 Å². The molecular weight excluding hydrogens is 400 g/mol. The predicted molar refractivity (Wildman–Crippen MR) is 98.1 cm³/mol. The highest BCUT2D eigenvalue weighted by atomic mass is 16.7. The summed E-state index contributed by atoms with van der Waals surface area (Å²) in [7, 11) is 0.